The molecule has 7 heteroatoms. The van der Waals surface area contributed by atoms with Crippen LogP contribution in [0.5, 0.6) is 17.2 Å². The van der Waals surface area contributed by atoms with E-state index >= 15 is 0 Å². The zero-order valence-corrected chi connectivity index (χ0v) is 15.3. The van der Waals surface area contributed by atoms with Gasteiger partial charge in [0, 0.05) is 12.1 Å². The fourth-order valence-corrected chi connectivity index (χ4v) is 2.95. The number of ether oxygens (including phenoxy) is 3. The van der Waals surface area contributed by atoms with Crippen molar-refractivity contribution in [1.82, 2.24) is 15.0 Å². The normalized spacial score (nSPS) is 12.6. The highest BCUT2D eigenvalue weighted by Crippen LogP contribution is 2.32. The quantitative estimate of drug-likeness (QED) is 0.633. The number of fused-ring (bicyclic) bond motifs is 1. The number of rotatable bonds is 7. The summed E-state index contributed by atoms with van der Waals surface area (Å²) in [6.07, 6.45) is 0. The van der Waals surface area contributed by atoms with E-state index in [1.807, 2.05) is 36.4 Å². The van der Waals surface area contributed by atoms with Gasteiger partial charge < -0.3 is 18.7 Å². The lowest BCUT2D eigenvalue weighted by molar-refractivity contribution is 0.174. The van der Waals surface area contributed by atoms with Crippen molar-refractivity contribution in [3.8, 4) is 28.7 Å². The predicted molar refractivity (Wildman–Crippen MR) is 98.6 cm³/mol. The van der Waals surface area contributed by atoms with Gasteiger partial charge in [0.25, 0.3) is 5.89 Å². The van der Waals surface area contributed by atoms with Crippen LogP contribution in [0.1, 0.15) is 18.3 Å². The molecule has 0 N–H and O–H groups in total. The third-order valence-corrected chi connectivity index (χ3v) is 4.46. The van der Waals surface area contributed by atoms with E-state index in [-0.39, 0.29) is 6.79 Å². The summed E-state index contributed by atoms with van der Waals surface area (Å²) in [5.41, 5.74) is 2.02. The van der Waals surface area contributed by atoms with E-state index in [0.717, 1.165) is 41.5 Å². The SMILES string of the molecule is CCN(Cc1ccc2c(c1)OCO2)Cc1noc(-c2ccc(OC)cc2)n1. The molecule has 0 saturated carbocycles. The first-order valence-electron chi connectivity index (χ1n) is 8.83. The minimum atomic E-state index is 0.285. The van der Waals surface area contributed by atoms with E-state index < -0.39 is 0 Å². The largest absolute Gasteiger partial charge is 0.497 e. The highest BCUT2D eigenvalue weighted by molar-refractivity contribution is 5.54. The molecule has 140 valence electrons. The number of hydrogen-bond donors (Lipinski definition) is 0. The summed E-state index contributed by atoms with van der Waals surface area (Å²) in [7, 11) is 1.64. The minimum absolute atomic E-state index is 0.285. The van der Waals surface area contributed by atoms with Gasteiger partial charge in [-0.1, -0.05) is 18.1 Å². The van der Waals surface area contributed by atoms with Gasteiger partial charge in [-0.15, -0.1) is 0 Å². The van der Waals surface area contributed by atoms with Crippen LogP contribution in [0.4, 0.5) is 0 Å². The summed E-state index contributed by atoms with van der Waals surface area (Å²) in [6.45, 7) is 4.62. The van der Waals surface area contributed by atoms with Crippen molar-refractivity contribution in [3.05, 3.63) is 53.9 Å². The average Bonchev–Trinajstić information content (AvgIpc) is 3.36. The van der Waals surface area contributed by atoms with E-state index in [1.54, 1.807) is 7.11 Å². The van der Waals surface area contributed by atoms with Crippen molar-refractivity contribution in [1.29, 1.82) is 0 Å². The Kier molecular flexibility index (Phi) is 4.93. The molecular weight excluding hydrogens is 346 g/mol. The molecule has 0 unspecified atom stereocenters. The molecule has 1 aliphatic rings. The summed E-state index contributed by atoms with van der Waals surface area (Å²) in [5.74, 6) is 3.54. The molecule has 1 aromatic heterocycles. The molecule has 7 nitrogen and oxygen atoms in total. The summed E-state index contributed by atoms with van der Waals surface area (Å²) < 4.78 is 21.4. The van der Waals surface area contributed by atoms with Crippen LogP contribution in [-0.2, 0) is 13.1 Å². The van der Waals surface area contributed by atoms with Crippen LogP contribution in [0, 0.1) is 0 Å². The molecule has 0 atom stereocenters. The fraction of sp³-hybridized carbons (Fsp3) is 0.300. The van der Waals surface area contributed by atoms with Gasteiger partial charge in [0.2, 0.25) is 6.79 Å². The van der Waals surface area contributed by atoms with E-state index in [4.69, 9.17) is 18.7 Å². The highest BCUT2D eigenvalue weighted by Gasteiger charge is 2.16. The van der Waals surface area contributed by atoms with Crippen LogP contribution in [0.2, 0.25) is 0 Å². The molecule has 2 heterocycles. The van der Waals surface area contributed by atoms with Gasteiger partial charge in [-0.05, 0) is 48.5 Å². The number of nitrogens with zero attached hydrogens (tertiary/aromatic N) is 3. The van der Waals surface area contributed by atoms with Gasteiger partial charge >= 0.3 is 0 Å². The average molecular weight is 367 g/mol. The van der Waals surface area contributed by atoms with Crippen molar-refractivity contribution in [2.45, 2.75) is 20.0 Å². The van der Waals surface area contributed by atoms with Crippen molar-refractivity contribution < 1.29 is 18.7 Å². The third-order valence-electron chi connectivity index (χ3n) is 4.46. The molecule has 2 aromatic carbocycles. The van der Waals surface area contributed by atoms with Gasteiger partial charge in [0.1, 0.15) is 5.75 Å². The molecule has 0 fully saturated rings. The standard InChI is InChI=1S/C20H21N3O4/c1-3-23(11-14-4-9-17-18(10-14)26-13-25-17)12-19-21-20(27-22-19)15-5-7-16(24-2)8-6-15/h4-10H,3,11-13H2,1-2H3. The molecule has 0 saturated heterocycles. The van der Waals surface area contributed by atoms with E-state index in [0.29, 0.717) is 18.3 Å². The second-order valence-electron chi connectivity index (χ2n) is 6.24. The topological polar surface area (TPSA) is 69.9 Å². The van der Waals surface area contributed by atoms with Crippen LogP contribution in [0.3, 0.4) is 0 Å². The van der Waals surface area contributed by atoms with E-state index in [9.17, 15) is 0 Å². The molecule has 27 heavy (non-hydrogen) atoms. The molecule has 0 aliphatic carbocycles. The zero-order chi connectivity index (χ0) is 18.6. The summed E-state index contributed by atoms with van der Waals surface area (Å²) in [5, 5.41) is 4.12. The molecule has 0 bridgehead atoms. The lowest BCUT2D eigenvalue weighted by atomic mass is 10.2. The van der Waals surface area contributed by atoms with Gasteiger partial charge in [0.05, 0.1) is 13.7 Å². The molecule has 0 radical (unpaired) electrons. The second-order valence-corrected chi connectivity index (χ2v) is 6.24. The number of hydrogen-bond acceptors (Lipinski definition) is 7. The molecule has 0 spiro atoms. The Balaban J connectivity index is 1.43. The maximum atomic E-state index is 5.45. The summed E-state index contributed by atoms with van der Waals surface area (Å²) in [6, 6.07) is 13.6. The van der Waals surface area contributed by atoms with Crippen molar-refractivity contribution >= 4 is 0 Å². The van der Waals surface area contributed by atoms with Crippen molar-refractivity contribution in [2.75, 3.05) is 20.4 Å². The van der Waals surface area contributed by atoms with Gasteiger partial charge in [-0.25, -0.2) is 0 Å². The van der Waals surface area contributed by atoms with E-state index in [2.05, 4.69) is 28.0 Å². The van der Waals surface area contributed by atoms with Gasteiger partial charge in [-0.3, -0.25) is 4.90 Å². The molecular formula is C20H21N3O4. The number of methoxy groups -OCH3 is 1. The number of benzene rings is 2. The Bertz CT molecular complexity index is 908. The Hall–Kier alpha value is -3.06. The Morgan fingerprint density at radius 1 is 1.04 bits per heavy atom. The first kappa shape index (κ1) is 17.4. The lowest BCUT2D eigenvalue weighted by Gasteiger charge is -2.18. The predicted octanol–water partition coefficient (Wildman–Crippen LogP) is 3.50. The molecule has 0 amide bonds. The highest BCUT2D eigenvalue weighted by atomic mass is 16.7. The monoisotopic (exact) mass is 367 g/mol. The maximum Gasteiger partial charge on any atom is 0.257 e. The number of aromatic nitrogens is 2. The molecule has 1 aliphatic heterocycles. The molecule has 4 rings (SSSR count). The summed E-state index contributed by atoms with van der Waals surface area (Å²) >= 11 is 0. The van der Waals surface area contributed by atoms with Crippen LogP contribution >= 0.6 is 0 Å². The second kappa shape index (κ2) is 7.67. The van der Waals surface area contributed by atoms with Crippen LogP contribution in [-0.4, -0.2) is 35.5 Å². The Morgan fingerprint density at radius 2 is 1.85 bits per heavy atom. The maximum absolute atomic E-state index is 5.45. The van der Waals surface area contributed by atoms with Crippen molar-refractivity contribution in [3.63, 3.8) is 0 Å². The third kappa shape index (κ3) is 3.88. The fourth-order valence-electron chi connectivity index (χ4n) is 2.95. The first-order valence-corrected chi connectivity index (χ1v) is 8.83. The molecule has 3 aromatic rings. The van der Waals surface area contributed by atoms with E-state index in [1.165, 1.54) is 0 Å². The minimum Gasteiger partial charge on any atom is -0.497 e. The summed E-state index contributed by atoms with van der Waals surface area (Å²) in [4.78, 5) is 6.75. The van der Waals surface area contributed by atoms with Crippen LogP contribution in [0.25, 0.3) is 11.5 Å². The Labute approximate surface area is 157 Å². The lowest BCUT2D eigenvalue weighted by Crippen LogP contribution is -2.22. The Morgan fingerprint density at radius 3 is 2.63 bits per heavy atom. The zero-order valence-electron chi connectivity index (χ0n) is 15.3. The smallest absolute Gasteiger partial charge is 0.257 e. The van der Waals surface area contributed by atoms with Crippen LogP contribution in [0.15, 0.2) is 47.0 Å². The van der Waals surface area contributed by atoms with Crippen molar-refractivity contribution in [2.24, 2.45) is 0 Å². The van der Waals surface area contributed by atoms with Gasteiger partial charge in [0.15, 0.2) is 17.3 Å². The van der Waals surface area contributed by atoms with Crippen LogP contribution < -0.4 is 14.2 Å². The first-order chi connectivity index (χ1) is 13.2. The van der Waals surface area contributed by atoms with Gasteiger partial charge in [-0.2, -0.15) is 4.98 Å².